The number of carbonyl (C=O) groups excluding carboxylic acids is 2. The van der Waals surface area contributed by atoms with Gasteiger partial charge < -0.3 is 20.3 Å². The second-order valence-corrected chi connectivity index (χ2v) is 6.66. The molecule has 1 aromatic carbocycles. The Morgan fingerprint density at radius 1 is 1.12 bits per heavy atom. The van der Waals surface area contributed by atoms with Crippen LogP contribution in [0.2, 0.25) is 0 Å². The highest BCUT2D eigenvalue weighted by Crippen LogP contribution is 2.15. The van der Waals surface area contributed by atoms with E-state index in [0.29, 0.717) is 19.0 Å². The van der Waals surface area contributed by atoms with Gasteiger partial charge in [-0.05, 0) is 44.3 Å². The average Bonchev–Trinajstić information content (AvgIpc) is 2.64. The molecule has 6 nitrogen and oxygen atoms in total. The third-order valence-electron chi connectivity index (χ3n) is 4.65. The quantitative estimate of drug-likeness (QED) is 0.725. The SMILES string of the molecule is COCCN1CCC(CNC(=O)C(=O)NCc2ccc(C)cc2)CC1. The molecule has 2 amide bonds. The van der Waals surface area contributed by atoms with Crippen molar-refractivity contribution in [1.82, 2.24) is 15.5 Å². The Balaban J connectivity index is 1.63. The van der Waals surface area contributed by atoms with E-state index in [1.807, 2.05) is 31.2 Å². The first-order valence-corrected chi connectivity index (χ1v) is 8.91. The molecule has 1 heterocycles. The lowest BCUT2D eigenvalue weighted by molar-refractivity contribution is -0.139. The molecule has 0 aliphatic carbocycles. The van der Waals surface area contributed by atoms with E-state index in [1.54, 1.807) is 7.11 Å². The molecular weight excluding hydrogens is 318 g/mol. The maximum Gasteiger partial charge on any atom is 0.309 e. The summed E-state index contributed by atoms with van der Waals surface area (Å²) in [5.74, 6) is -0.681. The van der Waals surface area contributed by atoms with E-state index in [4.69, 9.17) is 4.74 Å². The number of nitrogens with one attached hydrogen (secondary N) is 2. The Labute approximate surface area is 149 Å². The number of piperidine rings is 1. The number of methoxy groups -OCH3 is 1. The van der Waals surface area contributed by atoms with Gasteiger partial charge in [0.25, 0.3) is 0 Å². The summed E-state index contributed by atoms with van der Waals surface area (Å²) in [6, 6.07) is 7.87. The summed E-state index contributed by atoms with van der Waals surface area (Å²) in [5, 5.41) is 5.42. The first kappa shape index (κ1) is 19.4. The van der Waals surface area contributed by atoms with Gasteiger partial charge in [0.1, 0.15) is 0 Å². The molecule has 1 aliphatic rings. The van der Waals surface area contributed by atoms with Crippen LogP contribution in [0.1, 0.15) is 24.0 Å². The van der Waals surface area contributed by atoms with Crippen LogP contribution < -0.4 is 10.6 Å². The number of hydrogen-bond donors (Lipinski definition) is 2. The number of nitrogens with zero attached hydrogens (tertiary/aromatic N) is 1. The van der Waals surface area contributed by atoms with E-state index in [1.165, 1.54) is 5.56 Å². The molecule has 0 radical (unpaired) electrons. The molecule has 25 heavy (non-hydrogen) atoms. The smallest absolute Gasteiger partial charge is 0.309 e. The van der Waals surface area contributed by atoms with Crippen LogP contribution in [0.4, 0.5) is 0 Å². The van der Waals surface area contributed by atoms with Crippen LogP contribution >= 0.6 is 0 Å². The lowest BCUT2D eigenvalue weighted by atomic mass is 9.97. The lowest BCUT2D eigenvalue weighted by Crippen LogP contribution is -2.44. The Bertz CT molecular complexity index is 552. The minimum absolute atomic E-state index is 0.365. The average molecular weight is 347 g/mol. The topological polar surface area (TPSA) is 70.7 Å². The second kappa shape index (κ2) is 10.2. The molecule has 6 heteroatoms. The van der Waals surface area contributed by atoms with Crippen molar-refractivity contribution in [2.75, 3.05) is 39.9 Å². The number of ether oxygens (including phenoxy) is 1. The van der Waals surface area contributed by atoms with Gasteiger partial charge in [-0.25, -0.2) is 0 Å². The fraction of sp³-hybridized carbons (Fsp3) is 0.579. The highest BCUT2D eigenvalue weighted by atomic mass is 16.5. The minimum Gasteiger partial charge on any atom is -0.383 e. The maximum atomic E-state index is 11.9. The molecule has 1 aromatic rings. The maximum absolute atomic E-state index is 11.9. The van der Waals surface area contributed by atoms with Gasteiger partial charge in [0, 0.05) is 26.7 Å². The second-order valence-electron chi connectivity index (χ2n) is 6.66. The van der Waals surface area contributed by atoms with Crippen LogP contribution in [-0.2, 0) is 20.9 Å². The zero-order valence-corrected chi connectivity index (χ0v) is 15.2. The zero-order valence-electron chi connectivity index (χ0n) is 15.2. The summed E-state index contributed by atoms with van der Waals surface area (Å²) in [6.07, 6.45) is 2.07. The van der Waals surface area contributed by atoms with Crippen molar-refractivity contribution in [3.63, 3.8) is 0 Å². The molecule has 138 valence electrons. The summed E-state index contributed by atoms with van der Waals surface area (Å²) < 4.78 is 5.09. The van der Waals surface area contributed by atoms with E-state index in [0.717, 1.165) is 44.6 Å². The van der Waals surface area contributed by atoms with Crippen LogP contribution in [0.15, 0.2) is 24.3 Å². The highest BCUT2D eigenvalue weighted by molar-refractivity contribution is 6.35. The van der Waals surface area contributed by atoms with Gasteiger partial charge in [-0.3, -0.25) is 9.59 Å². The number of hydrogen-bond acceptors (Lipinski definition) is 4. The molecule has 0 unspecified atom stereocenters. The highest BCUT2D eigenvalue weighted by Gasteiger charge is 2.21. The molecule has 0 saturated carbocycles. The summed E-state index contributed by atoms with van der Waals surface area (Å²) in [5.41, 5.74) is 2.15. The van der Waals surface area contributed by atoms with E-state index in [9.17, 15) is 9.59 Å². The van der Waals surface area contributed by atoms with Crippen molar-refractivity contribution in [2.24, 2.45) is 5.92 Å². The van der Waals surface area contributed by atoms with Crippen LogP contribution in [0.3, 0.4) is 0 Å². The van der Waals surface area contributed by atoms with Crippen molar-refractivity contribution in [1.29, 1.82) is 0 Å². The molecule has 2 rings (SSSR count). The largest absolute Gasteiger partial charge is 0.383 e. The van der Waals surface area contributed by atoms with Crippen LogP contribution in [0.25, 0.3) is 0 Å². The van der Waals surface area contributed by atoms with E-state index < -0.39 is 11.8 Å². The van der Waals surface area contributed by atoms with Gasteiger partial charge in [0.15, 0.2) is 0 Å². The van der Waals surface area contributed by atoms with Crippen LogP contribution in [0, 0.1) is 12.8 Å². The molecular formula is C19H29N3O3. The minimum atomic E-state index is -0.571. The standard InChI is InChI=1S/C19H29N3O3/c1-15-3-5-16(6-4-15)13-20-18(23)19(24)21-14-17-7-9-22(10-8-17)11-12-25-2/h3-6,17H,7-14H2,1-2H3,(H,20,23)(H,21,24). The Morgan fingerprint density at radius 3 is 2.40 bits per heavy atom. The Kier molecular flexibility index (Phi) is 7.88. The number of rotatable bonds is 7. The molecule has 1 saturated heterocycles. The molecule has 0 spiro atoms. The molecule has 1 aliphatic heterocycles. The van der Waals surface area contributed by atoms with Crippen LogP contribution in [0.5, 0.6) is 0 Å². The van der Waals surface area contributed by atoms with Crippen LogP contribution in [-0.4, -0.2) is 56.6 Å². The van der Waals surface area contributed by atoms with E-state index in [-0.39, 0.29) is 0 Å². The normalized spacial score (nSPS) is 15.8. The third kappa shape index (κ3) is 6.84. The predicted molar refractivity (Wildman–Crippen MR) is 97.1 cm³/mol. The summed E-state index contributed by atoms with van der Waals surface area (Å²) in [6.45, 7) is 6.68. The number of aryl methyl sites for hydroxylation is 1. The van der Waals surface area contributed by atoms with Crippen molar-refractivity contribution < 1.29 is 14.3 Å². The zero-order chi connectivity index (χ0) is 18.1. The first-order valence-electron chi connectivity index (χ1n) is 8.91. The number of carbonyl (C=O) groups is 2. The van der Waals surface area contributed by atoms with E-state index >= 15 is 0 Å². The molecule has 0 bridgehead atoms. The Hall–Kier alpha value is -1.92. The van der Waals surface area contributed by atoms with E-state index in [2.05, 4.69) is 15.5 Å². The fourth-order valence-corrected chi connectivity index (χ4v) is 2.92. The molecule has 0 atom stereocenters. The summed E-state index contributed by atoms with van der Waals surface area (Å²) >= 11 is 0. The third-order valence-corrected chi connectivity index (χ3v) is 4.65. The summed E-state index contributed by atoms with van der Waals surface area (Å²) in [4.78, 5) is 26.2. The van der Waals surface area contributed by atoms with Crippen molar-refractivity contribution in [3.05, 3.63) is 35.4 Å². The van der Waals surface area contributed by atoms with Gasteiger partial charge in [0.2, 0.25) is 0 Å². The van der Waals surface area contributed by atoms with Gasteiger partial charge in [-0.2, -0.15) is 0 Å². The van der Waals surface area contributed by atoms with Gasteiger partial charge >= 0.3 is 11.8 Å². The van der Waals surface area contributed by atoms with Crippen molar-refractivity contribution in [2.45, 2.75) is 26.3 Å². The van der Waals surface area contributed by atoms with Gasteiger partial charge in [0.05, 0.1) is 6.61 Å². The Morgan fingerprint density at radius 2 is 1.76 bits per heavy atom. The summed E-state index contributed by atoms with van der Waals surface area (Å²) in [7, 11) is 1.71. The fourth-order valence-electron chi connectivity index (χ4n) is 2.92. The number of amides is 2. The van der Waals surface area contributed by atoms with Gasteiger partial charge in [-0.15, -0.1) is 0 Å². The van der Waals surface area contributed by atoms with Gasteiger partial charge in [-0.1, -0.05) is 29.8 Å². The molecule has 1 fully saturated rings. The number of benzene rings is 1. The predicted octanol–water partition coefficient (Wildman–Crippen LogP) is 1.09. The lowest BCUT2D eigenvalue weighted by Gasteiger charge is -2.31. The molecule has 0 aromatic heterocycles. The first-order chi connectivity index (χ1) is 12.1. The van der Waals surface area contributed by atoms with Crippen molar-refractivity contribution in [3.8, 4) is 0 Å². The number of likely N-dealkylation sites (tertiary alicyclic amines) is 1. The van der Waals surface area contributed by atoms with Crippen molar-refractivity contribution >= 4 is 11.8 Å². The monoisotopic (exact) mass is 347 g/mol. The molecule has 2 N–H and O–H groups in total.